The topological polar surface area (TPSA) is 163 Å². The summed E-state index contributed by atoms with van der Waals surface area (Å²) in [6.45, 7) is 8.62. The maximum Gasteiger partial charge on any atom is 0.101 e. The van der Waals surface area contributed by atoms with E-state index in [1.807, 2.05) is 27.7 Å². The highest BCUT2D eigenvalue weighted by Gasteiger charge is 2.45. The molecule has 46 heavy (non-hydrogen) atoms. The van der Waals surface area contributed by atoms with E-state index >= 15 is 0 Å². The number of methoxy groups -OCH3 is 1. The molecule has 1 heterocycles. The highest BCUT2D eigenvalue weighted by atomic mass is 16.5. The fraction of sp³-hybridized carbons (Fsp3) is 1.00. The molecule has 4 aliphatic rings. The highest BCUT2D eigenvalue weighted by Crippen LogP contribution is 2.35. The third-order valence-electron chi connectivity index (χ3n) is 10.4. The summed E-state index contributed by atoms with van der Waals surface area (Å²) in [5.74, 6) is 0.405. The summed E-state index contributed by atoms with van der Waals surface area (Å²) < 4.78 is 28.6. The van der Waals surface area contributed by atoms with Crippen LogP contribution in [0.1, 0.15) is 91.9 Å². The van der Waals surface area contributed by atoms with Crippen molar-refractivity contribution in [3.8, 4) is 0 Å². The Morgan fingerprint density at radius 3 is 1.37 bits per heavy atom. The van der Waals surface area contributed by atoms with Crippen LogP contribution < -0.4 is 16.0 Å². The van der Waals surface area contributed by atoms with Crippen LogP contribution in [0.3, 0.4) is 0 Å². The Morgan fingerprint density at radius 1 is 0.565 bits per heavy atom. The Morgan fingerprint density at radius 2 is 0.978 bits per heavy atom. The minimum Gasteiger partial charge on any atom is -0.393 e. The molecule has 0 amide bonds. The van der Waals surface area contributed by atoms with Gasteiger partial charge in [0.15, 0.2) is 0 Å². The number of nitrogens with one attached hydrogen (secondary N) is 3. The van der Waals surface area contributed by atoms with Crippen LogP contribution in [-0.4, -0.2) is 127 Å². The lowest BCUT2D eigenvalue weighted by Crippen LogP contribution is -2.74. The van der Waals surface area contributed by atoms with Crippen LogP contribution in [-0.2, 0) is 23.7 Å². The maximum atomic E-state index is 11.4. The summed E-state index contributed by atoms with van der Waals surface area (Å²) in [6.07, 6.45) is 5.94. The molecule has 3 aliphatic carbocycles. The van der Waals surface area contributed by atoms with Crippen molar-refractivity contribution in [2.24, 2.45) is 17.8 Å². The molecular weight excluding hydrogens is 594 g/mol. The van der Waals surface area contributed by atoms with Crippen LogP contribution in [0, 0.1) is 17.8 Å². The minimum absolute atomic E-state index is 0.0113. The second-order valence-electron chi connectivity index (χ2n) is 14.8. The van der Waals surface area contributed by atoms with Gasteiger partial charge < -0.3 is 44.1 Å². The van der Waals surface area contributed by atoms with E-state index in [1.165, 1.54) is 0 Å². The summed E-state index contributed by atoms with van der Waals surface area (Å²) in [5, 5.41) is 54.6. The zero-order valence-electron chi connectivity index (χ0n) is 28.9. The first-order valence-corrected chi connectivity index (χ1v) is 18.0. The Hall–Kier alpha value is -0.480. The summed E-state index contributed by atoms with van der Waals surface area (Å²) in [5.41, 5.74) is 0. The van der Waals surface area contributed by atoms with Crippen LogP contribution >= 0.6 is 0 Å². The van der Waals surface area contributed by atoms with Crippen molar-refractivity contribution in [3.05, 3.63) is 0 Å². The number of hydrogen-bond donors (Lipinski definition) is 7. The van der Waals surface area contributed by atoms with Crippen molar-refractivity contribution in [3.63, 3.8) is 0 Å². The molecule has 10 unspecified atom stereocenters. The first-order chi connectivity index (χ1) is 22.0. The Bertz CT molecular complexity index is 795. The van der Waals surface area contributed by atoms with Gasteiger partial charge in [0.05, 0.1) is 87.7 Å². The lowest BCUT2D eigenvalue weighted by Gasteiger charge is -2.51. The summed E-state index contributed by atoms with van der Waals surface area (Å²) in [4.78, 5) is 0. The van der Waals surface area contributed by atoms with Crippen LogP contribution in [0.5, 0.6) is 0 Å². The number of hydrogen-bond acceptors (Lipinski definition) is 12. The molecule has 0 bridgehead atoms. The van der Waals surface area contributed by atoms with Crippen LogP contribution in [0.15, 0.2) is 0 Å². The fourth-order valence-electron chi connectivity index (χ4n) is 7.69. The quantitative estimate of drug-likeness (QED) is 0.128. The van der Waals surface area contributed by atoms with E-state index in [0.717, 1.165) is 51.4 Å². The molecule has 0 aromatic heterocycles. The van der Waals surface area contributed by atoms with Crippen molar-refractivity contribution in [2.75, 3.05) is 33.5 Å². The number of rotatable bonds is 16. The molecule has 3 saturated carbocycles. The van der Waals surface area contributed by atoms with Crippen molar-refractivity contribution in [1.82, 2.24) is 16.0 Å². The van der Waals surface area contributed by atoms with Gasteiger partial charge in [-0.25, -0.2) is 0 Å². The zero-order chi connectivity index (χ0) is 33.2. The molecular formula is C34H65N3O9. The standard InChI is InChI=1S/C34H65N3O9/c1-20(2)43-16-23(38)18-45-26-10-12-28(30(40)14-26)33-35-32(22-6-8-25(42-5)9-7-22)36-34(37-33)29-13-11-27(15-31(29)41)46-19-24(39)17-44-21(3)4/h20-41H,6-19H2,1-5H3. The van der Waals surface area contributed by atoms with Crippen molar-refractivity contribution >= 4 is 0 Å². The lowest BCUT2D eigenvalue weighted by atomic mass is 9.78. The third kappa shape index (κ3) is 11.8. The highest BCUT2D eigenvalue weighted by molar-refractivity contribution is 4.99. The van der Waals surface area contributed by atoms with E-state index in [-0.39, 0.29) is 81.2 Å². The molecule has 4 fully saturated rings. The minimum atomic E-state index is -0.685. The smallest absolute Gasteiger partial charge is 0.101 e. The second kappa shape index (κ2) is 19.1. The molecule has 12 nitrogen and oxygen atoms in total. The Labute approximate surface area is 276 Å². The average molecular weight is 660 g/mol. The van der Waals surface area contributed by atoms with Crippen molar-refractivity contribution in [1.29, 1.82) is 0 Å². The molecule has 7 N–H and O–H groups in total. The second-order valence-corrected chi connectivity index (χ2v) is 14.8. The third-order valence-corrected chi connectivity index (χ3v) is 10.4. The normalized spacial score (nSPS) is 39.1. The molecule has 1 saturated heterocycles. The summed E-state index contributed by atoms with van der Waals surface area (Å²) >= 11 is 0. The van der Waals surface area contributed by atoms with E-state index < -0.39 is 24.4 Å². The molecule has 12 heteroatoms. The van der Waals surface area contributed by atoms with Crippen LogP contribution in [0.2, 0.25) is 0 Å². The Balaban J connectivity index is 1.33. The van der Waals surface area contributed by atoms with Gasteiger partial charge >= 0.3 is 0 Å². The number of aliphatic hydroxyl groups excluding tert-OH is 4. The number of aliphatic hydroxyl groups is 4. The van der Waals surface area contributed by atoms with E-state index in [9.17, 15) is 20.4 Å². The predicted molar refractivity (Wildman–Crippen MR) is 174 cm³/mol. The van der Waals surface area contributed by atoms with E-state index in [2.05, 4.69) is 16.0 Å². The van der Waals surface area contributed by atoms with Gasteiger partial charge in [-0.15, -0.1) is 0 Å². The molecule has 1 aliphatic heterocycles. The largest absolute Gasteiger partial charge is 0.393 e. The summed E-state index contributed by atoms with van der Waals surface area (Å²) in [6, 6.07) is 0. The molecule has 0 spiro atoms. The Kier molecular flexibility index (Phi) is 15.9. The molecule has 0 radical (unpaired) electrons. The first-order valence-electron chi connectivity index (χ1n) is 18.0. The summed E-state index contributed by atoms with van der Waals surface area (Å²) in [7, 11) is 1.79. The van der Waals surface area contributed by atoms with E-state index in [4.69, 9.17) is 23.7 Å². The average Bonchev–Trinajstić information content (AvgIpc) is 3.04. The van der Waals surface area contributed by atoms with E-state index in [1.54, 1.807) is 7.11 Å². The van der Waals surface area contributed by atoms with Crippen molar-refractivity contribution < 1.29 is 44.1 Å². The van der Waals surface area contributed by atoms with Gasteiger partial charge in [0.2, 0.25) is 0 Å². The van der Waals surface area contributed by atoms with Gasteiger partial charge in [-0.1, -0.05) is 0 Å². The molecule has 0 aromatic rings. The van der Waals surface area contributed by atoms with Gasteiger partial charge in [-0.2, -0.15) is 0 Å². The van der Waals surface area contributed by atoms with E-state index in [0.29, 0.717) is 24.9 Å². The molecule has 4 rings (SSSR count). The van der Waals surface area contributed by atoms with Gasteiger partial charge in [-0.3, -0.25) is 16.0 Å². The molecule has 0 aromatic carbocycles. The molecule has 270 valence electrons. The van der Waals surface area contributed by atoms with Crippen LogP contribution in [0.25, 0.3) is 0 Å². The van der Waals surface area contributed by atoms with Gasteiger partial charge in [0, 0.05) is 18.9 Å². The fourth-order valence-corrected chi connectivity index (χ4v) is 7.69. The lowest BCUT2D eigenvalue weighted by molar-refractivity contribution is -0.101. The zero-order valence-corrected chi connectivity index (χ0v) is 28.9. The van der Waals surface area contributed by atoms with Gasteiger partial charge in [-0.05, 0) is 97.8 Å². The van der Waals surface area contributed by atoms with Gasteiger partial charge in [0.1, 0.15) is 12.2 Å². The van der Waals surface area contributed by atoms with Gasteiger partial charge in [0.25, 0.3) is 0 Å². The predicted octanol–water partition coefficient (Wildman–Crippen LogP) is 1.62. The first kappa shape index (κ1) is 38.3. The maximum absolute atomic E-state index is 11.4. The monoisotopic (exact) mass is 659 g/mol. The van der Waals surface area contributed by atoms with Crippen LogP contribution in [0.4, 0.5) is 0 Å². The molecule has 10 atom stereocenters. The number of ether oxygens (including phenoxy) is 5. The SMILES string of the molecule is COC1CCC(C2NC(C3CCC(OCC(O)COC(C)C)CC3O)NC(C3CCC(OCC(O)COC(C)C)CC3O)N2)CC1. The van der Waals surface area contributed by atoms with Crippen molar-refractivity contribution in [2.45, 2.75) is 165 Å².